The molecular formula is C8H11NS. The molecule has 0 saturated heterocycles. The van der Waals surface area contributed by atoms with Crippen LogP contribution in [0.25, 0.3) is 0 Å². The number of hydrogen-bond acceptors (Lipinski definition) is 2. The van der Waals surface area contributed by atoms with Gasteiger partial charge in [0.15, 0.2) is 0 Å². The van der Waals surface area contributed by atoms with E-state index in [2.05, 4.69) is 18.8 Å². The van der Waals surface area contributed by atoms with Gasteiger partial charge in [-0.1, -0.05) is 6.92 Å². The normalized spacial score (nSPS) is 23.2. The second-order valence-electron chi connectivity index (χ2n) is 2.98. The lowest BCUT2D eigenvalue weighted by atomic mass is 10.1. The molecule has 1 aromatic rings. The maximum atomic E-state index is 4.49. The molecule has 0 saturated carbocycles. The van der Waals surface area contributed by atoms with Crippen molar-refractivity contribution in [1.82, 2.24) is 4.98 Å². The molecule has 0 aliphatic heterocycles. The first kappa shape index (κ1) is 6.35. The fraction of sp³-hybridized carbons (Fsp3) is 0.625. The minimum absolute atomic E-state index is 0.722. The SMILES string of the molecule is Cc1nc2c(s1)CCC2C. The quantitative estimate of drug-likeness (QED) is 0.558. The third-order valence-electron chi connectivity index (χ3n) is 2.11. The fourth-order valence-electron chi connectivity index (χ4n) is 1.53. The van der Waals surface area contributed by atoms with Crippen molar-refractivity contribution in [2.45, 2.75) is 32.6 Å². The van der Waals surface area contributed by atoms with Crippen molar-refractivity contribution >= 4 is 11.3 Å². The molecule has 1 aromatic heterocycles. The number of nitrogens with zero attached hydrogens (tertiary/aromatic N) is 1. The molecule has 1 nitrogen and oxygen atoms in total. The molecule has 0 amide bonds. The number of hydrogen-bond donors (Lipinski definition) is 0. The van der Waals surface area contributed by atoms with Crippen molar-refractivity contribution in [3.05, 3.63) is 15.6 Å². The third-order valence-corrected chi connectivity index (χ3v) is 3.15. The highest BCUT2D eigenvalue weighted by atomic mass is 32.1. The van der Waals surface area contributed by atoms with Gasteiger partial charge in [-0.2, -0.15) is 0 Å². The maximum absolute atomic E-state index is 4.49. The summed E-state index contributed by atoms with van der Waals surface area (Å²) in [5, 5.41) is 1.23. The molecular weight excluding hydrogens is 142 g/mol. The van der Waals surface area contributed by atoms with Gasteiger partial charge < -0.3 is 0 Å². The zero-order valence-electron chi connectivity index (χ0n) is 6.35. The molecule has 54 valence electrons. The van der Waals surface area contributed by atoms with Crippen LogP contribution in [0.5, 0.6) is 0 Å². The van der Waals surface area contributed by atoms with Gasteiger partial charge in [0.1, 0.15) is 0 Å². The van der Waals surface area contributed by atoms with Crippen LogP contribution in [-0.4, -0.2) is 4.98 Å². The number of aromatic nitrogens is 1. The van der Waals surface area contributed by atoms with Gasteiger partial charge in [0.2, 0.25) is 0 Å². The zero-order chi connectivity index (χ0) is 7.14. The van der Waals surface area contributed by atoms with Crippen LogP contribution < -0.4 is 0 Å². The number of aryl methyl sites for hydroxylation is 2. The molecule has 1 heterocycles. The zero-order valence-corrected chi connectivity index (χ0v) is 7.16. The molecule has 2 rings (SSSR count). The first-order chi connectivity index (χ1) is 4.77. The van der Waals surface area contributed by atoms with Crippen molar-refractivity contribution in [1.29, 1.82) is 0 Å². The highest BCUT2D eigenvalue weighted by molar-refractivity contribution is 7.11. The fourth-order valence-corrected chi connectivity index (χ4v) is 2.61. The minimum Gasteiger partial charge on any atom is -0.246 e. The van der Waals surface area contributed by atoms with Crippen molar-refractivity contribution in [3.8, 4) is 0 Å². The van der Waals surface area contributed by atoms with E-state index in [1.807, 2.05) is 11.3 Å². The summed E-state index contributed by atoms with van der Waals surface area (Å²) >= 11 is 1.87. The molecule has 0 aromatic carbocycles. The topological polar surface area (TPSA) is 12.9 Å². The first-order valence-electron chi connectivity index (χ1n) is 3.73. The summed E-state index contributed by atoms with van der Waals surface area (Å²) in [7, 11) is 0. The Balaban J connectivity index is 2.49. The summed E-state index contributed by atoms with van der Waals surface area (Å²) in [6.45, 7) is 4.36. The summed E-state index contributed by atoms with van der Waals surface area (Å²) in [4.78, 5) is 6.02. The summed E-state index contributed by atoms with van der Waals surface area (Å²) in [6, 6.07) is 0. The van der Waals surface area contributed by atoms with E-state index >= 15 is 0 Å². The van der Waals surface area contributed by atoms with Crippen LogP contribution in [0.1, 0.15) is 34.8 Å². The monoisotopic (exact) mass is 153 g/mol. The van der Waals surface area contributed by atoms with Gasteiger partial charge in [0.05, 0.1) is 10.7 Å². The van der Waals surface area contributed by atoms with Crippen LogP contribution in [0.2, 0.25) is 0 Å². The highest BCUT2D eigenvalue weighted by Gasteiger charge is 2.21. The molecule has 0 N–H and O–H groups in total. The van der Waals surface area contributed by atoms with E-state index in [1.54, 1.807) is 0 Å². The van der Waals surface area contributed by atoms with Crippen LogP contribution in [0.3, 0.4) is 0 Å². The molecule has 0 fully saturated rings. The molecule has 0 radical (unpaired) electrons. The predicted molar refractivity (Wildman–Crippen MR) is 43.6 cm³/mol. The van der Waals surface area contributed by atoms with Crippen LogP contribution in [0, 0.1) is 6.92 Å². The van der Waals surface area contributed by atoms with Gasteiger partial charge in [-0.3, -0.25) is 0 Å². The molecule has 1 aliphatic carbocycles. The lowest BCUT2D eigenvalue weighted by Crippen LogP contribution is -1.86. The molecule has 0 spiro atoms. The molecule has 2 heteroatoms. The second kappa shape index (κ2) is 2.06. The number of thiazole rings is 1. The van der Waals surface area contributed by atoms with Crippen LogP contribution in [0.15, 0.2) is 0 Å². The third kappa shape index (κ3) is 0.788. The molecule has 1 atom stereocenters. The van der Waals surface area contributed by atoms with Crippen LogP contribution in [-0.2, 0) is 6.42 Å². The van der Waals surface area contributed by atoms with Crippen molar-refractivity contribution in [2.24, 2.45) is 0 Å². The Hall–Kier alpha value is -0.370. The largest absolute Gasteiger partial charge is 0.246 e. The summed E-state index contributed by atoms with van der Waals surface area (Å²) in [5.74, 6) is 0.722. The van der Waals surface area contributed by atoms with Gasteiger partial charge in [-0.15, -0.1) is 11.3 Å². The first-order valence-corrected chi connectivity index (χ1v) is 4.55. The van der Waals surface area contributed by atoms with Crippen molar-refractivity contribution in [3.63, 3.8) is 0 Å². The molecule has 1 unspecified atom stereocenters. The van der Waals surface area contributed by atoms with Crippen molar-refractivity contribution in [2.75, 3.05) is 0 Å². The Morgan fingerprint density at radius 3 is 3.10 bits per heavy atom. The average Bonchev–Trinajstić information content (AvgIpc) is 2.35. The molecule has 0 bridgehead atoms. The van der Waals surface area contributed by atoms with E-state index in [9.17, 15) is 0 Å². The Morgan fingerprint density at radius 1 is 1.60 bits per heavy atom. The lowest BCUT2D eigenvalue weighted by molar-refractivity contribution is 0.729. The van der Waals surface area contributed by atoms with E-state index < -0.39 is 0 Å². The van der Waals surface area contributed by atoms with Gasteiger partial charge in [0.25, 0.3) is 0 Å². The van der Waals surface area contributed by atoms with E-state index in [4.69, 9.17) is 0 Å². The van der Waals surface area contributed by atoms with Crippen molar-refractivity contribution < 1.29 is 0 Å². The predicted octanol–water partition coefficient (Wildman–Crippen LogP) is 2.50. The lowest BCUT2D eigenvalue weighted by Gasteiger charge is -1.95. The van der Waals surface area contributed by atoms with Gasteiger partial charge in [-0.25, -0.2) is 4.98 Å². The number of rotatable bonds is 0. The van der Waals surface area contributed by atoms with Gasteiger partial charge >= 0.3 is 0 Å². The Labute approximate surface area is 65.1 Å². The van der Waals surface area contributed by atoms with E-state index in [1.165, 1.54) is 28.4 Å². The van der Waals surface area contributed by atoms with E-state index in [0.717, 1.165) is 5.92 Å². The summed E-state index contributed by atoms with van der Waals surface area (Å²) in [6.07, 6.45) is 2.58. The number of fused-ring (bicyclic) bond motifs is 1. The van der Waals surface area contributed by atoms with Crippen LogP contribution >= 0.6 is 11.3 Å². The Kier molecular flexibility index (Phi) is 1.31. The van der Waals surface area contributed by atoms with Gasteiger partial charge in [0, 0.05) is 4.88 Å². The Morgan fingerprint density at radius 2 is 2.40 bits per heavy atom. The molecule has 1 aliphatic rings. The minimum atomic E-state index is 0.722. The smallest absolute Gasteiger partial charge is 0.0900 e. The second-order valence-corrected chi connectivity index (χ2v) is 4.27. The standard InChI is InChI=1S/C8H11NS/c1-5-3-4-7-8(5)9-6(2)10-7/h5H,3-4H2,1-2H3. The summed E-state index contributed by atoms with van der Waals surface area (Å²) < 4.78 is 0. The van der Waals surface area contributed by atoms with E-state index in [-0.39, 0.29) is 0 Å². The van der Waals surface area contributed by atoms with Gasteiger partial charge in [-0.05, 0) is 25.7 Å². The van der Waals surface area contributed by atoms with Crippen LogP contribution in [0.4, 0.5) is 0 Å². The summed E-state index contributed by atoms with van der Waals surface area (Å²) in [5.41, 5.74) is 1.38. The average molecular weight is 153 g/mol. The molecule has 10 heavy (non-hydrogen) atoms. The maximum Gasteiger partial charge on any atom is 0.0900 e. The highest BCUT2D eigenvalue weighted by Crippen LogP contribution is 2.35. The Bertz CT molecular complexity index is 252. The van der Waals surface area contributed by atoms with E-state index in [0.29, 0.717) is 0 Å².